The third-order valence-electron chi connectivity index (χ3n) is 7.13. The minimum atomic E-state index is -0.379. The van der Waals surface area contributed by atoms with Crippen LogP contribution in [0, 0.1) is 5.92 Å². The molecule has 2 atom stereocenters. The predicted molar refractivity (Wildman–Crippen MR) is 145 cm³/mol. The van der Waals surface area contributed by atoms with Crippen LogP contribution in [0.25, 0.3) is 0 Å². The SMILES string of the molecule is C=C(C=O)CN1CCN(C(c2ccc([C@H](C)Nc3ncc4c(n3)N(CC)C(=O)OC4)cc2)C(C)C)CC1. The highest BCUT2D eigenvalue weighted by molar-refractivity contribution is 5.89. The molecule has 0 saturated carbocycles. The van der Waals surface area contributed by atoms with Gasteiger partial charge in [0, 0.05) is 51.5 Å². The third kappa shape index (κ3) is 6.17. The minimum Gasteiger partial charge on any atom is -0.444 e. The van der Waals surface area contributed by atoms with Crippen molar-refractivity contribution in [1.29, 1.82) is 0 Å². The van der Waals surface area contributed by atoms with Gasteiger partial charge in [-0.2, -0.15) is 4.98 Å². The molecule has 2 aromatic rings. The molecule has 1 N–H and O–H groups in total. The first-order valence-corrected chi connectivity index (χ1v) is 13.1. The predicted octanol–water partition coefficient (Wildman–Crippen LogP) is 4.20. The topological polar surface area (TPSA) is 90.9 Å². The summed E-state index contributed by atoms with van der Waals surface area (Å²) < 4.78 is 5.18. The van der Waals surface area contributed by atoms with Gasteiger partial charge < -0.3 is 10.1 Å². The van der Waals surface area contributed by atoms with Crippen molar-refractivity contribution >= 4 is 24.1 Å². The van der Waals surface area contributed by atoms with Gasteiger partial charge >= 0.3 is 6.09 Å². The van der Waals surface area contributed by atoms with Crippen LogP contribution in [-0.2, 0) is 16.1 Å². The van der Waals surface area contributed by atoms with Crippen LogP contribution in [0.5, 0.6) is 0 Å². The van der Waals surface area contributed by atoms with Gasteiger partial charge in [-0.05, 0) is 36.5 Å². The standard InChI is InChI=1S/C28H38N6O3/c1-6-34-26-24(18-37-28(34)36)15-29-27(31-26)30-21(5)22-7-9-23(10-8-22)25(19(2)3)33-13-11-32(12-14-33)16-20(4)17-35/h7-10,15,17,19,21,25H,4,6,11-14,16,18H2,1-3,5H3,(H,29,30,31)/t21-,25?/m0/s1. The number of benzene rings is 1. The first-order valence-electron chi connectivity index (χ1n) is 13.1. The van der Waals surface area contributed by atoms with E-state index in [0.29, 0.717) is 42.4 Å². The third-order valence-corrected chi connectivity index (χ3v) is 7.13. The van der Waals surface area contributed by atoms with E-state index in [0.717, 1.165) is 43.6 Å². The second kappa shape index (κ2) is 11.8. The van der Waals surface area contributed by atoms with E-state index in [1.807, 2.05) is 6.92 Å². The summed E-state index contributed by atoms with van der Waals surface area (Å²) in [7, 11) is 0. The van der Waals surface area contributed by atoms with Crippen LogP contribution in [0.15, 0.2) is 42.6 Å². The Kier molecular flexibility index (Phi) is 8.56. The van der Waals surface area contributed by atoms with E-state index in [1.165, 1.54) is 10.5 Å². The van der Waals surface area contributed by atoms with Crippen molar-refractivity contribution < 1.29 is 14.3 Å². The normalized spacial score (nSPS) is 18.2. The number of carbonyl (C=O) groups excluding carboxylic acids is 2. The van der Waals surface area contributed by atoms with Gasteiger partial charge in [0.1, 0.15) is 18.7 Å². The van der Waals surface area contributed by atoms with Crippen LogP contribution in [0.1, 0.15) is 56.5 Å². The average molecular weight is 507 g/mol. The number of nitrogens with zero attached hydrogens (tertiary/aromatic N) is 5. The van der Waals surface area contributed by atoms with Gasteiger partial charge in [0.2, 0.25) is 5.95 Å². The number of ether oxygens (including phenoxy) is 1. The molecule has 0 spiro atoms. The molecule has 198 valence electrons. The van der Waals surface area contributed by atoms with Crippen LogP contribution >= 0.6 is 0 Å². The molecular formula is C28H38N6O3. The summed E-state index contributed by atoms with van der Waals surface area (Å²) in [6.07, 6.45) is 2.20. The number of anilines is 2. The molecule has 0 aliphatic carbocycles. The van der Waals surface area contributed by atoms with Crippen LogP contribution in [0.3, 0.4) is 0 Å². The molecule has 1 amide bonds. The number of aldehydes is 1. The number of amides is 1. The number of aromatic nitrogens is 2. The van der Waals surface area contributed by atoms with Gasteiger partial charge in [-0.25, -0.2) is 9.78 Å². The number of hydrogen-bond acceptors (Lipinski definition) is 8. The lowest BCUT2D eigenvalue weighted by Gasteiger charge is -2.41. The molecule has 4 rings (SSSR count). The van der Waals surface area contributed by atoms with Crippen molar-refractivity contribution in [3.05, 3.63) is 59.3 Å². The van der Waals surface area contributed by atoms with Gasteiger partial charge in [0.05, 0.1) is 11.6 Å². The lowest BCUT2D eigenvalue weighted by atomic mass is 9.92. The largest absolute Gasteiger partial charge is 0.444 e. The summed E-state index contributed by atoms with van der Waals surface area (Å²) in [5.74, 6) is 1.56. The van der Waals surface area contributed by atoms with Crippen molar-refractivity contribution in [3.8, 4) is 0 Å². The van der Waals surface area contributed by atoms with Gasteiger partial charge in [0.15, 0.2) is 0 Å². The molecule has 1 aromatic heterocycles. The van der Waals surface area contributed by atoms with Crippen molar-refractivity contribution in [2.24, 2.45) is 5.92 Å². The monoisotopic (exact) mass is 506 g/mol. The Morgan fingerprint density at radius 2 is 1.81 bits per heavy atom. The van der Waals surface area contributed by atoms with Crippen molar-refractivity contribution in [1.82, 2.24) is 19.8 Å². The summed E-state index contributed by atoms with van der Waals surface area (Å²) in [6, 6.07) is 9.10. The van der Waals surface area contributed by atoms with Crippen LogP contribution in [0.4, 0.5) is 16.6 Å². The molecule has 3 heterocycles. The van der Waals surface area contributed by atoms with E-state index in [2.05, 4.69) is 76.7 Å². The maximum Gasteiger partial charge on any atom is 0.415 e. The zero-order valence-corrected chi connectivity index (χ0v) is 22.3. The molecule has 2 aliphatic rings. The summed E-state index contributed by atoms with van der Waals surface area (Å²) in [5.41, 5.74) is 3.88. The Hall–Kier alpha value is -3.30. The van der Waals surface area contributed by atoms with E-state index in [1.54, 1.807) is 6.20 Å². The number of cyclic esters (lactones) is 1. The van der Waals surface area contributed by atoms with E-state index in [4.69, 9.17) is 4.74 Å². The fourth-order valence-corrected chi connectivity index (χ4v) is 5.19. The van der Waals surface area contributed by atoms with Crippen molar-refractivity contribution in [3.63, 3.8) is 0 Å². The summed E-state index contributed by atoms with van der Waals surface area (Å²) >= 11 is 0. The van der Waals surface area contributed by atoms with Gasteiger partial charge in [0.25, 0.3) is 0 Å². The number of piperazine rings is 1. The zero-order valence-electron chi connectivity index (χ0n) is 22.3. The quantitative estimate of drug-likeness (QED) is 0.379. The summed E-state index contributed by atoms with van der Waals surface area (Å²) in [6.45, 7) is 17.5. The smallest absolute Gasteiger partial charge is 0.415 e. The zero-order chi connectivity index (χ0) is 26.5. The highest BCUT2D eigenvalue weighted by Crippen LogP contribution is 2.31. The number of fused-ring (bicyclic) bond motifs is 1. The molecule has 9 nitrogen and oxygen atoms in total. The first kappa shape index (κ1) is 26.8. The summed E-state index contributed by atoms with van der Waals surface area (Å²) in [5, 5.41) is 3.38. The second-order valence-electron chi connectivity index (χ2n) is 10.2. The molecule has 1 saturated heterocycles. The lowest BCUT2D eigenvalue weighted by molar-refractivity contribution is -0.105. The Morgan fingerprint density at radius 3 is 2.43 bits per heavy atom. The molecule has 37 heavy (non-hydrogen) atoms. The van der Waals surface area contributed by atoms with Crippen LogP contribution in [-0.4, -0.2) is 71.4 Å². The molecule has 1 unspecified atom stereocenters. The molecule has 0 bridgehead atoms. The Labute approximate surface area is 219 Å². The highest BCUT2D eigenvalue weighted by atomic mass is 16.6. The molecule has 0 radical (unpaired) electrons. The van der Waals surface area contributed by atoms with Gasteiger partial charge in [-0.15, -0.1) is 0 Å². The lowest BCUT2D eigenvalue weighted by Crippen LogP contribution is -2.49. The number of hydrogen-bond donors (Lipinski definition) is 1. The van der Waals surface area contributed by atoms with Crippen molar-refractivity contribution in [2.75, 3.05) is 49.5 Å². The van der Waals surface area contributed by atoms with E-state index < -0.39 is 0 Å². The molecular weight excluding hydrogens is 468 g/mol. The fraction of sp³-hybridized carbons (Fsp3) is 0.500. The Morgan fingerprint density at radius 1 is 1.14 bits per heavy atom. The van der Waals surface area contributed by atoms with Crippen molar-refractivity contribution in [2.45, 2.75) is 46.4 Å². The van der Waals surface area contributed by atoms with Gasteiger partial charge in [-0.1, -0.05) is 44.7 Å². The fourth-order valence-electron chi connectivity index (χ4n) is 5.19. The first-order chi connectivity index (χ1) is 17.8. The maximum absolute atomic E-state index is 12.1. The van der Waals surface area contributed by atoms with E-state index in [-0.39, 0.29) is 18.7 Å². The van der Waals surface area contributed by atoms with Crippen LogP contribution in [0.2, 0.25) is 0 Å². The highest BCUT2D eigenvalue weighted by Gasteiger charge is 2.28. The Balaban J connectivity index is 1.42. The minimum absolute atomic E-state index is 0.00955. The molecule has 2 aliphatic heterocycles. The molecule has 1 fully saturated rings. The van der Waals surface area contributed by atoms with E-state index in [9.17, 15) is 9.59 Å². The maximum atomic E-state index is 12.1. The van der Waals surface area contributed by atoms with Crippen LogP contribution < -0.4 is 10.2 Å². The number of carbonyl (C=O) groups is 2. The van der Waals surface area contributed by atoms with E-state index >= 15 is 0 Å². The molecule has 9 heteroatoms. The molecule has 1 aromatic carbocycles. The number of rotatable bonds is 10. The average Bonchev–Trinajstić information content (AvgIpc) is 2.90. The number of nitrogens with one attached hydrogen (secondary N) is 1. The van der Waals surface area contributed by atoms with Gasteiger partial charge in [-0.3, -0.25) is 19.5 Å². The second-order valence-corrected chi connectivity index (χ2v) is 10.2. The summed E-state index contributed by atoms with van der Waals surface area (Å²) in [4.78, 5) is 38.4. The Bertz CT molecular complexity index is 1110.